The number of carbonyl (C=O) groups is 2. The summed E-state index contributed by atoms with van der Waals surface area (Å²) in [6.45, 7) is 5.02. The highest BCUT2D eigenvalue weighted by atomic mass is 16.5. The second-order valence-electron chi connectivity index (χ2n) is 6.24. The molecule has 0 N–H and O–H groups in total. The van der Waals surface area contributed by atoms with Crippen molar-refractivity contribution < 1.29 is 14.3 Å². The van der Waals surface area contributed by atoms with Crippen molar-refractivity contribution in [2.75, 3.05) is 32.8 Å². The molecular weight excluding hydrogens is 308 g/mol. The van der Waals surface area contributed by atoms with E-state index in [1.807, 2.05) is 6.92 Å². The van der Waals surface area contributed by atoms with Gasteiger partial charge in [0.2, 0.25) is 0 Å². The molecule has 0 unspecified atom stereocenters. The van der Waals surface area contributed by atoms with Crippen LogP contribution in [0.5, 0.6) is 0 Å². The Morgan fingerprint density at radius 1 is 1.08 bits per heavy atom. The highest BCUT2D eigenvalue weighted by Crippen LogP contribution is 2.18. The van der Waals surface area contributed by atoms with E-state index in [1.165, 1.54) is 12.4 Å². The Morgan fingerprint density at radius 3 is 2.42 bits per heavy atom. The number of morpholine rings is 1. The van der Waals surface area contributed by atoms with E-state index in [-0.39, 0.29) is 29.2 Å². The quantitative estimate of drug-likeness (QED) is 0.835. The fourth-order valence-electron chi connectivity index (χ4n) is 3.29. The molecule has 24 heavy (non-hydrogen) atoms. The first-order chi connectivity index (χ1) is 11.7. The number of ether oxygens (including phenoxy) is 1. The van der Waals surface area contributed by atoms with Crippen molar-refractivity contribution in [2.24, 2.45) is 0 Å². The zero-order chi connectivity index (χ0) is 16.9. The topological polar surface area (TPSA) is 75.6 Å². The number of amides is 2. The molecule has 0 aromatic carbocycles. The van der Waals surface area contributed by atoms with E-state index in [0.29, 0.717) is 19.8 Å². The maximum atomic E-state index is 13.0. The number of carbonyl (C=O) groups excluding carboxylic acids is 2. The van der Waals surface area contributed by atoms with Crippen molar-refractivity contribution in [1.82, 2.24) is 19.8 Å². The van der Waals surface area contributed by atoms with Gasteiger partial charge in [-0.3, -0.25) is 9.59 Å². The highest BCUT2D eigenvalue weighted by molar-refractivity contribution is 6.04. The van der Waals surface area contributed by atoms with E-state index >= 15 is 0 Å². The number of rotatable bonds is 3. The lowest BCUT2D eigenvalue weighted by atomic mass is 10.1. The summed E-state index contributed by atoms with van der Waals surface area (Å²) in [6.07, 6.45) is 6.89. The lowest BCUT2D eigenvalue weighted by Crippen LogP contribution is -2.49. The Hall–Kier alpha value is -2.02. The zero-order valence-corrected chi connectivity index (χ0v) is 14.1. The molecule has 0 radical (unpaired) electrons. The molecule has 2 amide bonds. The fraction of sp³-hybridized carbons (Fsp3) is 0.647. The molecule has 3 heterocycles. The summed E-state index contributed by atoms with van der Waals surface area (Å²) in [5.74, 6) is -0.411. The van der Waals surface area contributed by atoms with Gasteiger partial charge in [0.25, 0.3) is 11.8 Å². The van der Waals surface area contributed by atoms with Crippen molar-refractivity contribution in [3.05, 3.63) is 23.8 Å². The number of likely N-dealkylation sites (tertiary alicyclic amines) is 1. The predicted molar refractivity (Wildman–Crippen MR) is 87.7 cm³/mol. The number of hydrogen-bond acceptors (Lipinski definition) is 5. The van der Waals surface area contributed by atoms with Crippen LogP contribution in [-0.2, 0) is 4.74 Å². The number of hydrogen-bond donors (Lipinski definition) is 0. The van der Waals surface area contributed by atoms with Crippen molar-refractivity contribution in [1.29, 1.82) is 0 Å². The molecule has 2 aliphatic rings. The standard InChI is InChI=1S/C17H24N4O3/c1-2-13-12-24-11-10-21(13)17(23)15-14(18-6-7-19-15)16(22)20-8-4-3-5-9-20/h6-7,13H,2-5,8-12H2,1H3/t13-/m0/s1. The maximum absolute atomic E-state index is 13.0. The Balaban J connectivity index is 1.85. The van der Waals surface area contributed by atoms with E-state index in [9.17, 15) is 9.59 Å². The minimum absolute atomic E-state index is 0.0196. The summed E-state index contributed by atoms with van der Waals surface area (Å²) in [4.78, 5) is 37.7. The van der Waals surface area contributed by atoms with Gasteiger partial charge < -0.3 is 14.5 Å². The zero-order valence-electron chi connectivity index (χ0n) is 14.1. The van der Waals surface area contributed by atoms with Crippen LogP contribution in [0.3, 0.4) is 0 Å². The van der Waals surface area contributed by atoms with Gasteiger partial charge in [-0.25, -0.2) is 9.97 Å². The molecule has 7 heteroatoms. The second kappa shape index (κ2) is 7.70. The molecule has 3 rings (SSSR count). The van der Waals surface area contributed by atoms with Gasteiger partial charge in [-0.15, -0.1) is 0 Å². The highest BCUT2D eigenvalue weighted by Gasteiger charge is 2.32. The van der Waals surface area contributed by atoms with E-state index in [1.54, 1.807) is 9.80 Å². The Kier molecular flexibility index (Phi) is 5.40. The monoisotopic (exact) mass is 332 g/mol. The smallest absolute Gasteiger partial charge is 0.275 e. The van der Waals surface area contributed by atoms with Crippen molar-refractivity contribution in [2.45, 2.75) is 38.6 Å². The fourth-order valence-corrected chi connectivity index (χ4v) is 3.29. The van der Waals surface area contributed by atoms with Gasteiger partial charge in [0.15, 0.2) is 11.4 Å². The van der Waals surface area contributed by atoms with Crippen LogP contribution in [0, 0.1) is 0 Å². The van der Waals surface area contributed by atoms with Gasteiger partial charge >= 0.3 is 0 Å². The molecule has 0 aliphatic carbocycles. The third-order valence-corrected chi connectivity index (χ3v) is 4.71. The van der Waals surface area contributed by atoms with Gasteiger partial charge in [0.05, 0.1) is 19.3 Å². The minimum Gasteiger partial charge on any atom is -0.377 e. The predicted octanol–water partition coefficient (Wildman–Crippen LogP) is 1.35. The first-order valence-corrected chi connectivity index (χ1v) is 8.71. The average molecular weight is 332 g/mol. The first-order valence-electron chi connectivity index (χ1n) is 8.71. The summed E-state index contributed by atoms with van der Waals surface area (Å²) in [7, 11) is 0. The van der Waals surface area contributed by atoms with Gasteiger partial charge in [0.1, 0.15) is 0 Å². The second-order valence-corrected chi connectivity index (χ2v) is 6.24. The van der Waals surface area contributed by atoms with Gasteiger partial charge in [0, 0.05) is 32.0 Å². The minimum atomic E-state index is -0.224. The van der Waals surface area contributed by atoms with E-state index in [0.717, 1.165) is 38.8 Å². The summed E-state index contributed by atoms with van der Waals surface area (Å²) >= 11 is 0. The number of nitrogens with zero attached hydrogens (tertiary/aromatic N) is 4. The molecule has 1 aromatic heterocycles. The largest absolute Gasteiger partial charge is 0.377 e. The summed E-state index contributed by atoms with van der Waals surface area (Å²) in [6, 6.07) is 0.0196. The van der Waals surface area contributed by atoms with Gasteiger partial charge in [-0.1, -0.05) is 6.92 Å². The van der Waals surface area contributed by atoms with Crippen LogP contribution >= 0.6 is 0 Å². The van der Waals surface area contributed by atoms with E-state index < -0.39 is 0 Å². The number of aromatic nitrogens is 2. The first kappa shape index (κ1) is 16.8. The Bertz CT molecular complexity index is 601. The average Bonchev–Trinajstić information content (AvgIpc) is 2.67. The summed E-state index contributed by atoms with van der Waals surface area (Å²) in [5, 5.41) is 0. The van der Waals surface area contributed by atoms with Crippen molar-refractivity contribution in [3.8, 4) is 0 Å². The summed E-state index contributed by atoms with van der Waals surface area (Å²) in [5.41, 5.74) is 0.333. The van der Waals surface area contributed by atoms with E-state index in [2.05, 4.69) is 9.97 Å². The Morgan fingerprint density at radius 2 is 1.75 bits per heavy atom. The van der Waals surface area contributed by atoms with Crippen LogP contribution in [0.4, 0.5) is 0 Å². The molecule has 2 fully saturated rings. The third-order valence-electron chi connectivity index (χ3n) is 4.71. The van der Waals surface area contributed by atoms with Gasteiger partial charge in [-0.2, -0.15) is 0 Å². The SMILES string of the molecule is CC[C@H]1COCCN1C(=O)c1nccnc1C(=O)N1CCCCC1. The van der Waals surface area contributed by atoms with Crippen LogP contribution in [-0.4, -0.2) is 70.5 Å². The molecule has 2 aliphatic heterocycles. The third kappa shape index (κ3) is 3.40. The molecule has 1 aromatic rings. The normalized spacial score (nSPS) is 21.6. The lowest BCUT2D eigenvalue weighted by molar-refractivity contribution is -0.00324. The van der Waals surface area contributed by atoms with Crippen LogP contribution in [0.15, 0.2) is 12.4 Å². The molecular formula is C17H24N4O3. The maximum Gasteiger partial charge on any atom is 0.275 e. The van der Waals surface area contributed by atoms with Crippen LogP contribution in [0.2, 0.25) is 0 Å². The molecule has 0 spiro atoms. The molecule has 130 valence electrons. The van der Waals surface area contributed by atoms with Crippen molar-refractivity contribution in [3.63, 3.8) is 0 Å². The molecule has 7 nitrogen and oxygen atoms in total. The molecule has 2 saturated heterocycles. The van der Waals surface area contributed by atoms with Crippen LogP contribution in [0.25, 0.3) is 0 Å². The van der Waals surface area contributed by atoms with Crippen LogP contribution < -0.4 is 0 Å². The lowest BCUT2D eigenvalue weighted by Gasteiger charge is -2.35. The molecule has 0 bridgehead atoms. The molecule has 0 saturated carbocycles. The van der Waals surface area contributed by atoms with Crippen molar-refractivity contribution >= 4 is 11.8 Å². The van der Waals surface area contributed by atoms with Crippen LogP contribution in [0.1, 0.15) is 53.6 Å². The number of piperidine rings is 1. The molecule has 1 atom stereocenters. The summed E-state index contributed by atoms with van der Waals surface area (Å²) < 4.78 is 5.46. The Labute approximate surface area is 142 Å². The van der Waals surface area contributed by atoms with Gasteiger partial charge in [-0.05, 0) is 25.7 Å². The van der Waals surface area contributed by atoms with E-state index in [4.69, 9.17) is 4.74 Å².